The number of halogens is 1. The third-order valence-corrected chi connectivity index (χ3v) is 4.62. The summed E-state index contributed by atoms with van der Waals surface area (Å²) >= 11 is 0. The second-order valence-electron chi connectivity index (χ2n) is 6.40. The Balaban J connectivity index is 1.35. The van der Waals surface area contributed by atoms with Gasteiger partial charge in [-0.25, -0.2) is 4.39 Å². The van der Waals surface area contributed by atoms with Crippen LogP contribution in [0.15, 0.2) is 57.6 Å². The van der Waals surface area contributed by atoms with Crippen LogP contribution in [0.25, 0.3) is 17.5 Å². The minimum atomic E-state index is -0.309. The lowest BCUT2D eigenvalue weighted by atomic mass is 9.97. The summed E-state index contributed by atoms with van der Waals surface area (Å²) in [5.41, 5.74) is 0.686. The van der Waals surface area contributed by atoms with Crippen LogP contribution in [0, 0.1) is 5.82 Å². The SMILES string of the molecule is O=C(C=Cc1ccco1)N1CCC(c2nnc(-c3ccc(F)cc3)o2)CC1. The summed E-state index contributed by atoms with van der Waals surface area (Å²) < 4.78 is 24.0. The molecule has 138 valence electrons. The van der Waals surface area contributed by atoms with Gasteiger partial charge in [0, 0.05) is 30.6 Å². The summed E-state index contributed by atoms with van der Waals surface area (Å²) in [7, 11) is 0. The highest BCUT2D eigenvalue weighted by Gasteiger charge is 2.26. The molecule has 4 rings (SSSR count). The summed E-state index contributed by atoms with van der Waals surface area (Å²) in [6.45, 7) is 1.25. The van der Waals surface area contributed by atoms with Gasteiger partial charge >= 0.3 is 0 Å². The van der Waals surface area contributed by atoms with E-state index in [1.165, 1.54) is 18.2 Å². The van der Waals surface area contributed by atoms with Crippen LogP contribution in [-0.4, -0.2) is 34.1 Å². The lowest BCUT2D eigenvalue weighted by molar-refractivity contribution is -0.127. The van der Waals surface area contributed by atoms with Crippen molar-refractivity contribution in [1.29, 1.82) is 0 Å². The topological polar surface area (TPSA) is 72.4 Å². The summed E-state index contributed by atoms with van der Waals surface area (Å²) in [4.78, 5) is 14.1. The van der Waals surface area contributed by atoms with E-state index in [0.717, 1.165) is 12.8 Å². The van der Waals surface area contributed by atoms with Crippen LogP contribution in [0.5, 0.6) is 0 Å². The lowest BCUT2D eigenvalue weighted by Gasteiger charge is -2.29. The zero-order chi connectivity index (χ0) is 18.6. The minimum absolute atomic E-state index is 0.0395. The number of furan rings is 1. The molecule has 1 fully saturated rings. The first-order chi connectivity index (χ1) is 13.2. The maximum absolute atomic E-state index is 13.0. The van der Waals surface area contributed by atoms with E-state index in [1.54, 1.807) is 41.5 Å². The summed E-state index contributed by atoms with van der Waals surface area (Å²) in [5, 5.41) is 8.20. The van der Waals surface area contributed by atoms with Gasteiger partial charge in [-0.05, 0) is 55.3 Å². The number of hydrogen-bond donors (Lipinski definition) is 0. The Morgan fingerprint density at radius 1 is 1.15 bits per heavy atom. The Bertz CT molecular complexity index is 924. The van der Waals surface area contributed by atoms with E-state index in [4.69, 9.17) is 8.83 Å². The average Bonchev–Trinajstić information content (AvgIpc) is 3.39. The van der Waals surface area contributed by atoms with Crippen molar-refractivity contribution in [2.45, 2.75) is 18.8 Å². The fourth-order valence-corrected chi connectivity index (χ4v) is 3.10. The second kappa shape index (κ2) is 7.57. The maximum atomic E-state index is 13.0. The number of hydrogen-bond acceptors (Lipinski definition) is 5. The van der Waals surface area contributed by atoms with Crippen LogP contribution in [0.4, 0.5) is 4.39 Å². The molecule has 2 aromatic heterocycles. The van der Waals surface area contributed by atoms with Crippen LogP contribution < -0.4 is 0 Å². The quantitative estimate of drug-likeness (QED) is 0.654. The largest absolute Gasteiger partial charge is 0.465 e. The fourth-order valence-electron chi connectivity index (χ4n) is 3.10. The smallest absolute Gasteiger partial charge is 0.247 e. The van der Waals surface area contributed by atoms with Crippen molar-refractivity contribution >= 4 is 12.0 Å². The standard InChI is InChI=1S/C20H18FN3O3/c21-16-5-3-14(4-6-16)19-22-23-20(27-19)15-9-11-24(12-10-15)18(25)8-7-17-2-1-13-26-17/h1-8,13,15H,9-12H2. The van der Waals surface area contributed by atoms with Gasteiger partial charge in [0.05, 0.1) is 6.26 Å². The van der Waals surface area contributed by atoms with Crippen LogP contribution in [0.1, 0.15) is 30.4 Å². The molecule has 1 aliphatic heterocycles. The van der Waals surface area contributed by atoms with Gasteiger partial charge < -0.3 is 13.7 Å². The number of carbonyl (C=O) groups excluding carboxylic acids is 1. The molecule has 0 atom stereocenters. The van der Waals surface area contributed by atoms with Crippen molar-refractivity contribution in [2.75, 3.05) is 13.1 Å². The van der Waals surface area contributed by atoms with Gasteiger partial charge in [-0.3, -0.25) is 4.79 Å². The second-order valence-corrected chi connectivity index (χ2v) is 6.40. The molecule has 0 saturated carbocycles. The zero-order valence-electron chi connectivity index (χ0n) is 14.5. The van der Waals surface area contributed by atoms with Crippen molar-refractivity contribution < 1.29 is 18.0 Å². The van der Waals surface area contributed by atoms with Crippen molar-refractivity contribution in [1.82, 2.24) is 15.1 Å². The van der Waals surface area contributed by atoms with E-state index in [-0.39, 0.29) is 17.6 Å². The minimum Gasteiger partial charge on any atom is -0.465 e. The van der Waals surface area contributed by atoms with Gasteiger partial charge in [0.2, 0.25) is 17.7 Å². The first-order valence-electron chi connectivity index (χ1n) is 8.79. The van der Waals surface area contributed by atoms with Crippen LogP contribution in [0.2, 0.25) is 0 Å². The molecule has 0 radical (unpaired) electrons. The highest BCUT2D eigenvalue weighted by Crippen LogP contribution is 2.29. The Morgan fingerprint density at radius 2 is 1.93 bits per heavy atom. The molecule has 7 heteroatoms. The van der Waals surface area contributed by atoms with Gasteiger partial charge in [-0.2, -0.15) is 0 Å². The van der Waals surface area contributed by atoms with Crippen molar-refractivity contribution in [2.24, 2.45) is 0 Å². The molecule has 6 nitrogen and oxygen atoms in total. The van der Waals surface area contributed by atoms with E-state index in [1.807, 2.05) is 0 Å². The van der Waals surface area contributed by atoms with Gasteiger partial charge in [-0.1, -0.05) is 0 Å². The first kappa shape index (κ1) is 17.2. The normalized spacial score (nSPS) is 15.5. The number of rotatable bonds is 4. The maximum Gasteiger partial charge on any atom is 0.247 e. The number of nitrogens with zero attached hydrogens (tertiary/aromatic N) is 3. The van der Waals surface area contributed by atoms with E-state index >= 15 is 0 Å². The van der Waals surface area contributed by atoms with Crippen molar-refractivity contribution in [3.05, 3.63) is 66.2 Å². The number of benzene rings is 1. The summed E-state index contributed by atoms with van der Waals surface area (Å²) in [6.07, 6.45) is 6.27. The van der Waals surface area contributed by atoms with Crippen LogP contribution >= 0.6 is 0 Å². The Hall–Kier alpha value is -3.22. The van der Waals surface area contributed by atoms with Crippen LogP contribution in [-0.2, 0) is 4.79 Å². The predicted octanol–water partition coefficient (Wildman–Crippen LogP) is 3.89. The third kappa shape index (κ3) is 3.97. The average molecular weight is 367 g/mol. The molecule has 1 aromatic carbocycles. The lowest BCUT2D eigenvalue weighted by Crippen LogP contribution is -2.36. The van der Waals surface area contributed by atoms with E-state index in [9.17, 15) is 9.18 Å². The molecule has 3 heterocycles. The molecule has 1 aliphatic rings. The van der Waals surface area contributed by atoms with E-state index in [2.05, 4.69) is 10.2 Å². The molecule has 0 N–H and O–H groups in total. The predicted molar refractivity (Wildman–Crippen MR) is 96.0 cm³/mol. The fraction of sp³-hybridized carbons (Fsp3) is 0.250. The van der Waals surface area contributed by atoms with Gasteiger partial charge in [-0.15, -0.1) is 10.2 Å². The van der Waals surface area contributed by atoms with Crippen molar-refractivity contribution in [3.63, 3.8) is 0 Å². The number of aromatic nitrogens is 2. The highest BCUT2D eigenvalue weighted by atomic mass is 19.1. The molecule has 0 spiro atoms. The van der Waals surface area contributed by atoms with Crippen LogP contribution in [0.3, 0.4) is 0 Å². The van der Waals surface area contributed by atoms with Gasteiger partial charge in [0.25, 0.3) is 0 Å². The molecule has 27 heavy (non-hydrogen) atoms. The molecule has 0 aliphatic carbocycles. The zero-order valence-corrected chi connectivity index (χ0v) is 14.5. The number of carbonyl (C=O) groups is 1. The molecular formula is C20H18FN3O3. The monoisotopic (exact) mass is 367 g/mol. The number of amides is 1. The molecule has 3 aromatic rings. The Morgan fingerprint density at radius 3 is 2.63 bits per heavy atom. The molecule has 0 bridgehead atoms. The third-order valence-electron chi connectivity index (χ3n) is 4.62. The van der Waals surface area contributed by atoms with Gasteiger partial charge in [0.1, 0.15) is 11.6 Å². The van der Waals surface area contributed by atoms with E-state index in [0.29, 0.717) is 36.2 Å². The Kier molecular flexibility index (Phi) is 4.82. The molecule has 1 amide bonds. The summed E-state index contributed by atoms with van der Waals surface area (Å²) in [5.74, 6) is 1.36. The summed E-state index contributed by atoms with van der Waals surface area (Å²) in [6, 6.07) is 9.52. The molecule has 0 unspecified atom stereocenters. The Labute approximate surface area is 155 Å². The van der Waals surface area contributed by atoms with Crippen molar-refractivity contribution in [3.8, 4) is 11.5 Å². The van der Waals surface area contributed by atoms with Gasteiger partial charge in [0.15, 0.2) is 0 Å². The number of piperidine rings is 1. The molecular weight excluding hydrogens is 349 g/mol. The highest BCUT2D eigenvalue weighted by molar-refractivity contribution is 5.91. The molecule has 1 saturated heterocycles. The van der Waals surface area contributed by atoms with E-state index < -0.39 is 0 Å². The number of likely N-dealkylation sites (tertiary alicyclic amines) is 1. The first-order valence-corrected chi connectivity index (χ1v) is 8.79.